The Morgan fingerprint density at radius 2 is 1.82 bits per heavy atom. The van der Waals surface area contributed by atoms with Crippen LogP contribution in [0.2, 0.25) is 0 Å². The standard InChI is InChI=1S/C25H27N5O2S/c31-23-22(33-25(32)30-23)14-20-12-13-26-24(29-20)28-19-10-8-18(9-11-19)27-15-17-6-3-5-16-4-1-2-7-21(16)17/h1-7,12,14,18-19,27H,8-11,13,15H2,(H2,26,28,29)(H,30,31,32)/b22-14-/t18-,19-. The van der Waals surface area contributed by atoms with Crippen molar-refractivity contribution in [3.8, 4) is 0 Å². The third-order valence-corrected chi connectivity index (χ3v) is 7.08. The van der Waals surface area contributed by atoms with Gasteiger partial charge in [-0.3, -0.25) is 14.9 Å². The molecular weight excluding hydrogens is 434 g/mol. The molecule has 2 amide bonds. The van der Waals surface area contributed by atoms with Crippen molar-refractivity contribution in [1.29, 1.82) is 0 Å². The molecule has 3 aliphatic rings. The first-order valence-electron chi connectivity index (χ1n) is 11.4. The minimum absolute atomic E-state index is 0.339. The second-order valence-electron chi connectivity index (χ2n) is 8.53. The van der Waals surface area contributed by atoms with Crippen LogP contribution in [0.4, 0.5) is 4.79 Å². The van der Waals surface area contributed by atoms with Gasteiger partial charge in [0.1, 0.15) is 0 Å². The van der Waals surface area contributed by atoms with Gasteiger partial charge in [0.25, 0.3) is 11.1 Å². The first kappa shape index (κ1) is 21.7. The minimum Gasteiger partial charge on any atom is -0.353 e. The number of amides is 2. The number of carbonyl (C=O) groups is 2. The van der Waals surface area contributed by atoms with Gasteiger partial charge in [0.15, 0.2) is 5.96 Å². The van der Waals surface area contributed by atoms with Crippen LogP contribution in [0.3, 0.4) is 0 Å². The zero-order valence-electron chi connectivity index (χ0n) is 18.3. The lowest BCUT2D eigenvalue weighted by molar-refractivity contribution is -0.115. The number of carbonyl (C=O) groups excluding carboxylic acids is 2. The van der Waals surface area contributed by atoms with Crippen LogP contribution >= 0.6 is 11.8 Å². The van der Waals surface area contributed by atoms with E-state index in [0.29, 0.717) is 29.2 Å². The Morgan fingerprint density at radius 3 is 2.64 bits per heavy atom. The normalized spacial score (nSPS) is 24.3. The number of hydrogen-bond donors (Lipinski definition) is 4. The third kappa shape index (κ3) is 5.29. The predicted octanol–water partition coefficient (Wildman–Crippen LogP) is 3.54. The average Bonchev–Trinajstić information content (AvgIpc) is 3.15. The molecule has 5 rings (SSSR count). The van der Waals surface area contributed by atoms with Gasteiger partial charge in [-0.25, -0.2) is 4.99 Å². The maximum absolute atomic E-state index is 11.8. The van der Waals surface area contributed by atoms with Crippen LogP contribution in [0.1, 0.15) is 31.2 Å². The average molecular weight is 462 g/mol. The van der Waals surface area contributed by atoms with E-state index in [1.165, 1.54) is 16.3 Å². The van der Waals surface area contributed by atoms with Crippen molar-refractivity contribution in [3.63, 3.8) is 0 Å². The van der Waals surface area contributed by atoms with Crippen LogP contribution in [0.5, 0.6) is 0 Å². The molecule has 7 nitrogen and oxygen atoms in total. The molecule has 2 aromatic rings. The molecule has 0 spiro atoms. The topological polar surface area (TPSA) is 94.6 Å². The maximum atomic E-state index is 11.8. The smallest absolute Gasteiger partial charge is 0.290 e. The maximum Gasteiger partial charge on any atom is 0.290 e. The van der Waals surface area contributed by atoms with Crippen molar-refractivity contribution in [2.75, 3.05) is 6.54 Å². The highest BCUT2D eigenvalue weighted by Gasteiger charge is 2.26. The van der Waals surface area contributed by atoms with Crippen LogP contribution in [-0.2, 0) is 11.3 Å². The van der Waals surface area contributed by atoms with Gasteiger partial charge in [-0.05, 0) is 65.9 Å². The molecule has 1 saturated carbocycles. The van der Waals surface area contributed by atoms with Crippen molar-refractivity contribution in [3.05, 3.63) is 70.8 Å². The SMILES string of the molecule is O=C1NC(=O)/C(=C/C2=CCNC(N[C@H]3CC[C@H](NCc4cccc5ccccc45)CC3)=N2)S1. The largest absolute Gasteiger partial charge is 0.353 e. The van der Waals surface area contributed by atoms with Crippen molar-refractivity contribution in [2.45, 2.75) is 44.3 Å². The van der Waals surface area contributed by atoms with E-state index < -0.39 is 0 Å². The number of fused-ring (bicyclic) bond motifs is 1. The number of guanidine groups is 1. The van der Waals surface area contributed by atoms with Crippen LogP contribution in [0.25, 0.3) is 10.8 Å². The van der Waals surface area contributed by atoms with E-state index >= 15 is 0 Å². The molecule has 0 aromatic heterocycles. The lowest BCUT2D eigenvalue weighted by Gasteiger charge is -2.31. The zero-order valence-corrected chi connectivity index (χ0v) is 19.1. The summed E-state index contributed by atoms with van der Waals surface area (Å²) < 4.78 is 0. The number of imide groups is 1. The summed E-state index contributed by atoms with van der Waals surface area (Å²) in [5.74, 6) is 0.370. The Kier molecular flexibility index (Phi) is 6.46. The van der Waals surface area contributed by atoms with Gasteiger partial charge in [-0.15, -0.1) is 0 Å². The summed E-state index contributed by atoms with van der Waals surface area (Å²) >= 11 is 0.912. The molecule has 33 heavy (non-hydrogen) atoms. The van der Waals surface area contributed by atoms with Gasteiger partial charge in [0.05, 0.1) is 10.6 Å². The number of rotatable bonds is 5. The van der Waals surface area contributed by atoms with Crippen molar-refractivity contribution < 1.29 is 9.59 Å². The summed E-state index contributed by atoms with van der Waals surface area (Å²) in [6, 6.07) is 15.9. The lowest BCUT2D eigenvalue weighted by Crippen LogP contribution is -2.47. The van der Waals surface area contributed by atoms with E-state index in [1.807, 2.05) is 6.08 Å². The van der Waals surface area contributed by atoms with E-state index in [2.05, 4.69) is 68.7 Å². The highest BCUT2D eigenvalue weighted by Crippen LogP contribution is 2.25. The molecule has 2 heterocycles. The Morgan fingerprint density at radius 1 is 1.03 bits per heavy atom. The molecule has 2 aliphatic heterocycles. The van der Waals surface area contributed by atoms with E-state index in [1.54, 1.807) is 6.08 Å². The monoisotopic (exact) mass is 461 g/mol. The Balaban J connectivity index is 1.12. The van der Waals surface area contributed by atoms with Crippen LogP contribution in [-0.4, -0.2) is 35.7 Å². The molecule has 170 valence electrons. The van der Waals surface area contributed by atoms with Gasteiger partial charge in [0, 0.05) is 25.2 Å². The summed E-state index contributed by atoms with van der Waals surface area (Å²) in [5, 5.41) is 15.1. The molecule has 4 N–H and O–H groups in total. The molecule has 0 radical (unpaired) electrons. The number of aliphatic imine (C=N–C) groups is 1. The summed E-state index contributed by atoms with van der Waals surface area (Å²) in [6.07, 6.45) is 7.94. The number of hydrogen-bond acceptors (Lipinski definition) is 7. The fourth-order valence-electron chi connectivity index (χ4n) is 4.53. The fraction of sp³-hybridized carbons (Fsp3) is 0.320. The van der Waals surface area contributed by atoms with Gasteiger partial charge in [-0.2, -0.15) is 0 Å². The van der Waals surface area contributed by atoms with Gasteiger partial charge < -0.3 is 16.0 Å². The van der Waals surface area contributed by atoms with Crippen molar-refractivity contribution in [1.82, 2.24) is 21.3 Å². The summed E-state index contributed by atoms with van der Waals surface area (Å²) in [4.78, 5) is 28.1. The molecule has 2 fully saturated rings. The lowest BCUT2D eigenvalue weighted by atomic mass is 9.91. The number of allylic oxidation sites excluding steroid dienone is 1. The number of thioether (sulfide) groups is 1. The van der Waals surface area contributed by atoms with E-state index in [4.69, 9.17) is 0 Å². The Labute approximate surface area is 197 Å². The van der Waals surface area contributed by atoms with Gasteiger partial charge in [0.2, 0.25) is 0 Å². The quantitative estimate of drug-likeness (QED) is 0.509. The highest BCUT2D eigenvalue weighted by atomic mass is 32.2. The fourth-order valence-corrected chi connectivity index (χ4v) is 5.20. The second-order valence-corrected chi connectivity index (χ2v) is 9.55. The predicted molar refractivity (Wildman–Crippen MR) is 133 cm³/mol. The molecule has 8 heteroatoms. The molecule has 2 aromatic carbocycles. The molecule has 0 atom stereocenters. The Hall–Kier alpha value is -3.10. The number of nitrogens with one attached hydrogen (secondary N) is 4. The van der Waals surface area contributed by atoms with E-state index in [0.717, 1.165) is 49.9 Å². The first-order chi connectivity index (χ1) is 16.1. The van der Waals surface area contributed by atoms with E-state index in [-0.39, 0.29) is 11.1 Å². The highest BCUT2D eigenvalue weighted by molar-refractivity contribution is 8.18. The van der Waals surface area contributed by atoms with Crippen molar-refractivity contribution >= 4 is 39.6 Å². The van der Waals surface area contributed by atoms with E-state index in [9.17, 15) is 9.59 Å². The van der Waals surface area contributed by atoms with Crippen LogP contribution in [0, 0.1) is 0 Å². The molecule has 1 saturated heterocycles. The molecule has 0 unspecified atom stereocenters. The minimum atomic E-state index is -0.358. The summed E-state index contributed by atoms with van der Waals surface area (Å²) in [6.45, 7) is 1.52. The second kappa shape index (κ2) is 9.80. The third-order valence-electron chi connectivity index (χ3n) is 6.27. The zero-order chi connectivity index (χ0) is 22.6. The van der Waals surface area contributed by atoms with Crippen LogP contribution < -0.4 is 21.3 Å². The van der Waals surface area contributed by atoms with Gasteiger partial charge >= 0.3 is 0 Å². The van der Waals surface area contributed by atoms with Crippen molar-refractivity contribution in [2.24, 2.45) is 4.99 Å². The Bertz CT molecular complexity index is 1160. The number of nitrogens with zero attached hydrogens (tertiary/aromatic N) is 1. The first-order valence-corrected chi connectivity index (χ1v) is 12.2. The van der Waals surface area contributed by atoms with Crippen LogP contribution in [0.15, 0.2) is 70.2 Å². The molecule has 0 bridgehead atoms. The molecule has 1 aliphatic carbocycles. The molecular formula is C25H27N5O2S. The summed E-state index contributed by atoms with van der Waals surface area (Å²) in [5.41, 5.74) is 2.03. The number of benzene rings is 2. The van der Waals surface area contributed by atoms with Gasteiger partial charge in [-0.1, -0.05) is 42.5 Å². The summed E-state index contributed by atoms with van der Waals surface area (Å²) in [7, 11) is 0.